The molecule has 0 bridgehead atoms. The molecule has 0 radical (unpaired) electrons. The molecule has 4 rings (SSSR count). The van der Waals surface area contributed by atoms with E-state index in [0.717, 1.165) is 14.6 Å². The number of carbonyl (C=O) groups excluding carboxylic acids is 1. The standard InChI is InChI=1S/C21H28N10O3S2/c1-13-17(30(9-8-24-13)36(33,34)29(2)3)19-27-21(31(28-19)20(32)16-11-35-12-26-16)25-10-14-4-6-15(7-5-14)18(22)23/h4-7,11-13,17,24H,8-10H2,1-3H3,(H3,22,23)(H,25,27,28). The molecule has 13 nitrogen and oxygen atoms in total. The van der Waals surface area contributed by atoms with Crippen molar-refractivity contribution >= 4 is 39.2 Å². The number of hydrogen-bond donors (Lipinski definition) is 4. The number of amidine groups is 1. The quantitative estimate of drug-likeness (QED) is 0.237. The van der Waals surface area contributed by atoms with Crippen LogP contribution in [0.1, 0.15) is 40.4 Å². The minimum Gasteiger partial charge on any atom is -0.384 e. The van der Waals surface area contributed by atoms with Gasteiger partial charge in [0.1, 0.15) is 17.6 Å². The lowest BCUT2D eigenvalue weighted by atomic mass is 10.1. The molecule has 0 saturated carbocycles. The Labute approximate surface area is 213 Å². The molecule has 3 aromatic rings. The van der Waals surface area contributed by atoms with Crippen LogP contribution in [0.2, 0.25) is 0 Å². The van der Waals surface area contributed by atoms with Gasteiger partial charge in [0.15, 0.2) is 5.82 Å². The topological polar surface area (TPSA) is 175 Å². The number of anilines is 1. The monoisotopic (exact) mass is 532 g/mol. The first kappa shape index (κ1) is 25.8. The van der Waals surface area contributed by atoms with Crippen LogP contribution in [-0.4, -0.2) is 81.7 Å². The number of rotatable bonds is 8. The number of benzene rings is 1. The van der Waals surface area contributed by atoms with E-state index >= 15 is 0 Å². The van der Waals surface area contributed by atoms with Gasteiger partial charge in [-0.2, -0.15) is 26.7 Å². The number of nitrogen functional groups attached to an aromatic ring is 1. The fourth-order valence-electron chi connectivity index (χ4n) is 3.84. The lowest BCUT2D eigenvalue weighted by molar-refractivity contribution is 0.0941. The molecule has 1 saturated heterocycles. The average molecular weight is 533 g/mol. The molecule has 1 fully saturated rings. The molecular formula is C21H28N10O3S2. The van der Waals surface area contributed by atoms with E-state index in [1.54, 1.807) is 23.0 Å². The SMILES string of the molecule is CC1NCCN(S(=O)(=O)N(C)C)C1c1nc(NCc2ccc(C(=N)N)cc2)n(C(=O)c2cscn2)n1. The second kappa shape index (κ2) is 10.4. The Morgan fingerprint density at radius 1 is 1.33 bits per heavy atom. The second-order valence-corrected chi connectivity index (χ2v) is 11.3. The largest absolute Gasteiger partial charge is 0.384 e. The first-order chi connectivity index (χ1) is 17.1. The van der Waals surface area contributed by atoms with E-state index in [9.17, 15) is 13.2 Å². The van der Waals surface area contributed by atoms with Crippen LogP contribution in [0.5, 0.6) is 0 Å². The zero-order valence-electron chi connectivity index (χ0n) is 20.0. The highest BCUT2D eigenvalue weighted by Crippen LogP contribution is 2.29. The lowest BCUT2D eigenvalue weighted by Crippen LogP contribution is -2.56. The van der Waals surface area contributed by atoms with E-state index in [1.807, 2.05) is 19.1 Å². The third-order valence-electron chi connectivity index (χ3n) is 5.79. The molecule has 2 aromatic heterocycles. The molecule has 5 N–H and O–H groups in total. The fraction of sp³-hybridized carbons (Fsp3) is 0.381. The molecule has 1 aliphatic rings. The summed E-state index contributed by atoms with van der Waals surface area (Å²) in [5, 5.41) is 20.0. The van der Waals surface area contributed by atoms with Crippen molar-refractivity contribution in [1.82, 2.24) is 33.7 Å². The van der Waals surface area contributed by atoms with Gasteiger partial charge in [-0.1, -0.05) is 24.3 Å². The van der Waals surface area contributed by atoms with E-state index in [0.29, 0.717) is 18.7 Å². The van der Waals surface area contributed by atoms with E-state index < -0.39 is 22.2 Å². The molecule has 0 spiro atoms. The first-order valence-corrected chi connectivity index (χ1v) is 13.4. The van der Waals surface area contributed by atoms with Gasteiger partial charge in [-0.15, -0.1) is 16.4 Å². The predicted octanol–water partition coefficient (Wildman–Crippen LogP) is 0.460. The average Bonchev–Trinajstić information content (AvgIpc) is 3.53. The molecule has 192 valence electrons. The van der Waals surface area contributed by atoms with Crippen LogP contribution in [0.25, 0.3) is 0 Å². The van der Waals surface area contributed by atoms with Gasteiger partial charge in [-0.05, 0) is 12.5 Å². The molecule has 1 aromatic carbocycles. The Bertz CT molecular complexity index is 1340. The van der Waals surface area contributed by atoms with Gasteiger partial charge < -0.3 is 16.4 Å². The van der Waals surface area contributed by atoms with Crippen molar-refractivity contribution in [3.63, 3.8) is 0 Å². The summed E-state index contributed by atoms with van der Waals surface area (Å²) >= 11 is 1.28. The van der Waals surface area contributed by atoms with Crippen LogP contribution < -0.4 is 16.4 Å². The molecule has 2 atom stereocenters. The maximum Gasteiger partial charge on any atom is 0.300 e. The number of thiazole rings is 1. The highest BCUT2D eigenvalue weighted by atomic mass is 32.2. The summed E-state index contributed by atoms with van der Waals surface area (Å²) in [6.07, 6.45) is 0. The van der Waals surface area contributed by atoms with Crippen molar-refractivity contribution in [1.29, 1.82) is 5.41 Å². The molecule has 1 aliphatic heterocycles. The number of aromatic nitrogens is 4. The minimum absolute atomic E-state index is 0.0276. The van der Waals surface area contributed by atoms with Gasteiger partial charge >= 0.3 is 5.91 Å². The van der Waals surface area contributed by atoms with Gasteiger partial charge in [0.05, 0.1) is 5.51 Å². The van der Waals surface area contributed by atoms with Gasteiger partial charge in [0.25, 0.3) is 10.2 Å². The summed E-state index contributed by atoms with van der Waals surface area (Å²) in [6.45, 7) is 2.87. The highest BCUT2D eigenvalue weighted by molar-refractivity contribution is 7.86. The Morgan fingerprint density at radius 2 is 2.06 bits per heavy atom. The Morgan fingerprint density at radius 3 is 2.67 bits per heavy atom. The summed E-state index contributed by atoms with van der Waals surface area (Å²) in [4.78, 5) is 21.9. The van der Waals surface area contributed by atoms with Crippen LogP contribution in [0.3, 0.4) is 0 Å². The van der Waals surface area contributed by atoms with Crippen molar-refractivity contribution in [3.05, 3.63) is 57.8 Å². The van der Waals surface area contributed by atoms with Gasteiger partial charge in [-0.3, -0.25) is 10.2 Å². The van der Waals surface area contributed by atoms with Gasteiger partial charge in [0.2, 0.25) is 5.95 Å². The normalized spacial score (nSPS) is 18.9. The molecule has 3 heterocycles. The number of piperazine rings is 1. The smallest absolute Gasteiger partial charge is 0.300 e. The van der Waals surface area contributed by atoms with Crippen LogP contribution in [-0.2, 0) is 16.8 Å². The summed E-state index contributed by atoms with van der Waals surface area (Å²) in [5.74, 6) is -0.153. The molecule has 36 heavy (non-hydrogen) atoms. The minimum atomic E-state index is -3.77. The van der Waals surface area contributed by atoms with Crippen molar-refractivity contribution < 1.29 is 13.2 Å². The maximum atomic E-state index is 13.2. The van der Waals surface area contributed by atoms with Crippen LogP contribution in [0.4, 0.5) is 5.95 Å². The molecule has 2 unspecified atom stereocenters. The van der Waals surface area contributed by atoms with Crippen LogP contribution in [0, 0.1) is 5.41 Å². The van der Waals surface area contributed by atoms with E-state index in [1.165, 1.54) is 29.7 Å². The predicted molar refractivity (Wildman–Crippen MR) is 136 cm³/mol. The van der Waals surface area contributed by atoms with E-state index in [4.69, 9.17) is 11.1 Å². The highest BCUT2D eigenvalue weighted by Gasteiger charge is 2.41. The third kappa shape index (κ3) is 5.15. The number of hydrogen-bond acceptors (Lipinski definition) is 10. The summed E-state index contributed by atoms with van der Waals surface area (Å²) in [6, 6.07) is 6.06. The zero-order valence-corrected chi connectivity index (χ0v) is 21.7. The summed E-state index contributed by atoms with van der Waals surface area (Å²) in [5.41, 5.74) is 8.74. The number of nitrogens with two attached hydrogens (primary N) is 1. The fourth-order valence-corrected chi connectivity index (χ4v) is 5.67. The zero-order chi connectivity index (χ0) is 26.0. The van der Waals surface area contributed by atoms with E-state index in [-0.39, 0.29) is 35.9 Å². The van der Waals surface area contributed by atoms with Crippen molar-refractivity contribution in [2.45, 2.75) is 25.6 Å². The number of nitrogens with zero attached hydrogens (tertiary/aromatic N) is 6. The number of nitrogens with one attached hydrogen (secondary N) is 3. The van der Waals surface area contributed by atoms with Crippen LogP contribution >= 0.6 is 11.3 Å². The molecule has 0 aliphatic carbocycles. The summed E-state index contributed by atoms with van der Waals surface area (Å²) in [7, 11) is -0.823. The molecule has 0 amide bonds. The Hall–Kier alpha value is -3.24. The van der Waals surface area contributed by atoms with Gasteiger partial charge in [-0.25, -0.2) is 4.98 Å². The number of carbonyl (C=O) groups is 1. The van der Waals surface area contributed by atoms with Gasteiger partial charge in [0, 0.05) is 50.7 Å². The van der Waals surface area contributed by atoms with Crippen LogP contribution in [0.15, 0.2) is 35.2 Å². The molecular weight excluding hydrogens is 504 g/mol. The van der Waals surface area contributed by atoms with Crippen molar-refractivity contribution in [3.8, 4) is 0 Å². The third-order valence-corrected chi connectivity index (χ3v) is 8.30. The first-order valence-electron chi connectivity index (χ1n) is 11.1. The van der Waals surface area contributed by atoms with Crippen molar-refractivity contribution in [2.75, 3.05) is 32.5 Å². The van der Waals surface area contributed by atoms with Crippen molar-refractivity contribution in [2.24, 2.45) is 5.73 Å². The lowest BCUT2D eigenvalue weighted by Gasteiger charge is -2.39. The summed E-state index contributed by atoms with van der Waals surface area (Å²) < 4.78 is 29.7. The van der Waals surface area contributed by atoms with E-state index in [2.05, 4.69) is 25.7 Å². The Kier molecular flexibility index (Phi) is 7.46. The second-order valence-electron chi connectivity index (χ2n) is 8.44. The Balaban J connectivity index is 1.70. The maximum absolute atomic E-state index is 13.2. The molecule has 15 heteroatoms.